The molecule has 0 heterocycles. The van der Waals surface area contributed by atoms with Gasteiger partial charge in [-0.2, -0.15) is 0 Å². The van der Waals surface area contributed by atoms with Crippen molar-refractivity contribution in [3.63, 3.8) is 0 Å². The zero-order valence-electron chi connectivity index (χ0n) is 9.76. The third-order valence-electron chi connectivity index (χ3n) is 3.07. The average Bonchev–Trinajstić information content (AvgIpc) is 2.26. The summed E-state index contributed by atoms with van der Waals surface area (Å²) in [4.78, 5) is 0. The van der Waals surface area contributed by atoms with E-state index in [-0.39, 0.29) is 0 Å². The van der Waals surface area contributed by atoms with Gasteiger partial charge in [-0.15, -0.1) is 0 Å². The van der Waals surface area contributed by atoms with Gasteiger partial charge in [0, 0.05) is 17.6 Å². The lowest BCUT2D eigenvalue weighted by Gasteiger charge is -2.20. The van der Waals surface area contributed by atoms with Gasteiger partial charge in [-0.3, -0.25) is 0 Å². The van der Waals surface area contributed by atoms with Crippen molar-refractivity contribution in [1.29, 1.82) is 0 Å². The molecule has 0 spiro atoms. The van der Waals surface area contributed by atoms with Crippen LogP contribution in [0.3, 0.4) is 0 Å². The van der Waals surface area contributed by atoms with Gasteiger partial charge in [-0.05, 0) is 24.5 Å². The molecule has 2 heteroatoms. The summed E-state index contributed by atoms with van der Waals surface area (Å²) in [6.07, 6.45) is 1.21. The summed E-state index contributed by atoms with van der Waals surface area (Å²) in [5.74, 6) is 0.701. The van der Waals surface area contributed by atoms with E-state index >= 15 is 0 Å². The minimum absolute atomic E-state index is 0.534. The van der Waals surface area contributed by atoms with Gasteiger partial charge in [-0.25, -0.2) is 0 Å². The normalized spacial score (nSPS) is 14.9. The fourth-order valence-electron chi connectivity index (χ4n) is 1.47. The van der Waals surface area contributed by atoms with Gasteiger partial charge in [0.05, 0.1) is 0 Å². The minimum Gasteiger partial charge on any atom is -0.310 e. The molecule has 0 fully saturated rings. The fraction of sp³-hybridized carbons (Fsp3) is 0.538. The van der Waals surface area contributed by atoms with Crippen LogP contribution in [0.2, 0.25) is 5.02 Å². The number of rotatable bonds is 5. The van der Waals surface area contributed by atoms with Gasteiger partial charge in [-0.1, -0.05) is 50.1 Å². The number of halogens is 1. The van der Waals surface area contributed by atoms with Gasteiger partial charge in [0.25, 0.3) is 0 Å². The van der Waals surface area contributed by atoms with Gasteiger partial charge < -0.3 is 5.32 Å². The van der Waals surface area contributed by atoms with Gasteiger partial charge in [0.15, 0.2) is 0 Å². The van der Waals surface area contributed by atoms with Crippen molar-refractivity contribution in [1.82, 2.24) is 5.32 Å². The third kappa shape index (κ3) is 3.84. The lowest BCUT2D eigenvalue weighted by atomic mass is 10.0. The standard InChI is InChI=1S/C13H20ClN/c1-4-10(2)11(3)15-9-12-7-5-6-8-13(12)14/h5-8,10-11,15H,4,9H2,1-3H3/t10-,11-/m0/s1. The highest BCUT2D eigenvalue weighted by Gasteiger charge is 2.09. The van der Waals surface area contributed by atoms with E-state index in [2.05, 4.69) is 32.2 Å². The number of hydrogen-bond donors (Lipinski definition) is 1. The Kier molecular flexibility index (Phi) is 5.13. The molecular weight excluding hydrogens is 206 g/mol. The van der Waals surface area contributed by atoms with Crippen LogP contribution in [0, 0.1) is 5.92 Å². The Morgan fingerprint density at radius 1 is 1.27 bits per heavy atom. The highest BCUT2D eigenvalue weighted by molar-refractivity contribution is 6.31. The summed E-state index contributed by atoms with van der Waals surface area (Å²) in [5, 5.41) is 4.35. The van der Waals surface area contributed by atoms with E-state index in [9.17, 15) is 0 Å². The van der Waals surface area contributed by atoms with Crippen LogP contribution in [-0.2, 0) is 6.54 Å². The third-order valence-corrected chi connectivity index (χ3v) is 3.44. The summed E-state index contributed by atoms with van der Waals surface area (Å²) in [5.41, 5.74) is 1.18. The Morgan fingerprint density at radius 2 is 1.93 bits per heavy atom. The van der Waals surface area contributed by atoms with Crippen LogP contribution in [0.4, 0.5) is 0 Å². The van der Waals surface area contributed by atoms with Crippen LogP contribution in [0.1, 0.15) is 32.8 Å². The van der Waals surface area contributed by atoms with Crippen molar-refractivity contribution in [2.45, 2.75) is 39.8 Å². The molecule has 0 aliphatic heterocycles. The van der Waals surface area contributed by atoms with Crippen molar-refractivity contribution in [2.75, 3.05) is 0 Å². The van der Waals surface area contributed by atoms with Gasteiger partial charge in [0.1, 0.15) is 0 Å². The van der Waals surface area contributed by atoms with E-state index in [1.54, 1.807) is 0 Å². The second kappa shape index (κ2) is 6.14. The molecule has 0 aliphatic carbocycles. The smallest absolute Gasteiger partial charge is 0.0450 e. The number of hydrogen-bond acceptors (Lipinski definition) is 1. The van der Waals surface area contributed by atoms with Crippen LogP contribution in [0.15, 0.2) is 24.3 Å². The highest BCUT2D eigenvalue weighted by atomic mass is 35.5. The van der Waals surface area contributed by atoms with Crippen molar-refractivity contribution in [3.05, 3.63) is 34.9 Å². The first-order valence-corrected chi connectivity index (χ1v) is 5.99. The summed E-state index contributed by atoms with van der Waals surface area (Å²) in [6.45, 7) is 7.57. The van der Waals surface area contributed by atoms with E-state index < -0.39 is 0 Å². The monoisotopic (exact) mass is 225 g/mol. The molecule has 0 bridgehead atoms. The molecule has 1 rings (SSSR count). The minimum atomic E-state index is 0.534. The molecule has 0 aliphatic rings. The van der Waals surface area contributed by atoms with E-state index in [0.717, 1.165) is 11.6 Å². The summed E-state index contributed by atoms with van der Waals surface area (Å²) >= 11 is 6.08. The van der Waals surface area contributed by atoms with Crippen molar-refractivity contribution in [2.24, 2.45) is 5.92 Å². The molecular formula is C13H20ClN. The molecule has 1 aromatic rings. The molecule has 84 valence electrons. The Labute approximate surface area is 97.8 Å². The zero-order valence-corrected chi connectivity index (χ0v) is 10.5. The maximum Gasteiger partial charge on any atom is 0.0450 e. The summed E-state index contributed by atoms with van der Waals surface area (Å²) in [7, 11) is 0. The second-order valence-electron chi connectivity index (χ2n) is 4.15. The maximum atomic E-state index is 6.08. The van der Waals surface area contributed by atoms with Crippen LogP contribution in [-0.4, -0.2) is 6.04 Å². The quantitative estimate of drug-likeness (QED) is 0.803. The molecule has 1 nitrogen and oxygen atoms in total. The average molecular weight is 226 g/mol. The molecule has 0 unspecified atom stereocenters. The molecule has 1 aromatic carbocycles. The first-order chi connectivity index (χ1) is 7.15. The van der Waals surface area contributed by atoms with Crippen LogP contribution >= 0.6 is 11.6 Å². The Bertz CT molecular complexity index is 298. The van der Waals surface area contributed by atoms with Crippen molar-refractivity contribution in [3.8, 4) is 0 Å². The Morgan fingerprint density at radius 3 is 2.53 bits per heavy atom. The molecule has 0 saturated carbocycles. The molecule has 1 N–H and O–H groups in total. The largest absolute Gasteiger partial charge is 0.310 e. The maximum absolute atomic E-state index is 6.08. The molecule has 0 amide bonds. The number of nitrogens with one attached hydrogen (secondary N) is 1. The predicted molar refractivity (Wildman–Crippen MR) is 67.2 cm³/mol. The second-order valence-corrected chi connectivity index (χ2v) is 4.55. The lowest BCUT2D eigenvalue weighted by Crippen LogP contribution is -2.31. The van der Waals surface area contributed by atoms with Crippen LogP contribution < -0.4 is 5.32 Å². The van der Waals surface area contributed by atoms with E-state index in [1.807, 2.05) is 18.2 Å². The summed E-state index contributed by atoms with van der Waals surface area (Å²) < 4.78 is 0. The lowest BCUT2D eigenvalue weighted by molar-refractivity contribution is 0.389. The van der Waals surface area contributed by atoms with Crippen LogP contribution in [0.5, 0.6) is 0 Å². The SMILES string of the molecule is CC[C@H](C)[C@H](C)NCc1ccccc1Cl. The fourth-order valence-corrected chi connectivity index (χ4v) is 1.67. The van der Waals surface area contributed by atoms with E-state index in [0.29, 0.717) is 12.0 Å². The van der Waals surface area contributed by atoms with Crippen molar-refractivity contribution < 1.29 is 0 Å². The number of benzene rings is 1. The Hall–Kier alpha value is -0.530. The first-order valence-electron chi connectivity index (χ1n) is 5.62. The van der Waals surface area contributed by atoms with Gasteiger partial charge >= 0.3 is 0 Å². The molecule has 0 radical (unpaired) electrons. The van der Waals surface area contributed by atoms with Gasteiger partial charge in [0.2, 0.25) is 0 Å². The Balaban J connectivity index is 2.47. The topological polar surface area (TPSA) is 12.0 Å². The molecule has 0 saturated heterocycles. The first kappa shape index (κ1) is 12.5. The molecule has 0 aromatic heterocycles. The summed E-state index contributed by atoms with van der Waals surface area (Å²) in [6, 6.07) is 8.53. The predicted octanol–water partition coefficient (Wildman–Crippen LogP) is 3.86. The molecule has 15 heavy (non-hydrogen) atoms. The van der Waals surface area contributed by atoms with E-state index in [1.165, 1.54) is 12.0 Å². The molecule has 2 atom stereocenters. The highest BCUT2D eigenvalue weighted by Crippen LogP contribution is 2.15. The van der Waals surface area contributed by atoms with Crippen LogP contribution in [0.25, 0.3) is 0 Å². The zero-order chi connectivity index (χ0) is 11.3. The van der Waals surface area contributed by atoms with E-state index in [4.69, 9.17) is 11.6 Å². The van der Waals surface area contributed by atoms with Crippen molar-refractivity contribution >= 4 is 11.6 Å².